The minimum absolute atomic E-state index is 0.0487. The summed E-state index contributed by atoms with van der Waals surface area (Å²) in [7, 11) is 0. The molecule has 1 unspecified atom stereocenters. The fraction of sp³-hybridized carbons (Fsp3) is 0.467. The first-order chi connectivity index (χ1) is 9.36. The molecule has 0 spiro atoms. The van der Waals surface area contributed by atoms with E-state index in [0.717, 1.165) is 15.7 Å². The van der Waals surface area contributed by atoms with Crippen LogP contribution in [-0.2, 0) is 4.79 Å². The molecule has 0 saturated carbocycles. The van der Waals surface area contributed by atoms with Crippen LogP contribution in [0.4, 0.5) is 5.69 Å². The van der Waals surface area contributed by atoms with Crippen molar-refractivity contribution in [1.29, 1.82) is 5.26 Å². The molecule has 1 aliphatic rings. The van der Waals surface area contributed by atoms with Gasteiger partial charge in [0, 0.05) is 11.0 Å². The molecule has 0 aliphatic carbocycles. The maximum Gasteiger partial charge on any atom is 0.245 e. The molecule has 0 radical (unpaired) electrons. The zero-order chi connectivity index (χ0) is 14.9. The van der Waals surface area contributed by atoms with Crippen LogP contribution < -0.4 is 10.2 Å². The molecule has 1 aromatic rings. The maximum atomic E-state index is 12.7. The lowest BCUT2D eigenvalue weighted by Crippen LogP contribution is -2.65. The third-order valence-corrected chi connectivity index (χ3v) is 4.18. The summed E-state index contributed by atoms with van der Waals surface area (Å²) in [6, 6.07) is 7.58. The second kappa shape index (κ2) is 5.55. The Morgan fingerprint density at radius 1 is 1.55 bits per heavy atom. The molecule has 1 fully saturated rings. The molecule has 5 heteroatoms. The van der Waals surface area contributed by atoms with Gasteiger partial charge in [-0.25, -0.2) is 0 Å². The number of carbonyl (C=O) groups is 1. The lowest BCUT2D eigenvalue weighted by Gasteiger charge is -2.45. The van der Waals surface area contributed by atoms with Crippen LogP contribution in [0.3, 0.4) is 0 Å². The summed E-state index contributed by atoms with van der Waals surface area (Å²) in [6.45, 7) is 6.71. The molecule has 1 saturated heterocycles. The van der Waals surface area contributed by atoms with Crippen molar-refractivity contribution >= 4 is 27.5 Å². The highest BCUT2D eigenvalue weighted by Gasteiger charge is 2.41. The number of halogens is 1. The van der Waals surface area contributed by atoms with Crippen molar-refractivity contribution in [1.82, 2.24) is 5.32 Å². The Kier molecular flexibility index (Phi) is 4.17. The van der Waals surface area contributed by atoms with Crippen molar-refractivity contribution in [3.63, 3.8) is 0 Å². The number of anilines is 1. The molecule has 1 aliphatic heterocycles. The Balaban J connectivity index is 2.44. The number of rotatable bonds is 2. The van der Waals surface area contributed by atoms with Crippen LogP contribution in [-0.4, -0.2) is 24.0 Å². The van der Waals surface area contributed by atoms with Crippen LogP contribution in [0.2, 0.25) is 0 Å². The smallest absolute Gasteiger partial charge is 0.245 e. The van der Waals surface area contributed by atoms with Gasteiger partial charge in [0.25, 0.3) is 0 Å². The normalized spacial score (nSPS) is 21.6. The molecule has 1 aromatic carbocycles. The van der Waals surface area contributed by atoms with Crippen molar-refractivity contribution < 1.29 is 4.79 Å². The van der Waals surface area contributed by atoms with Crippen LogP contribution in [0.15, 0.2) is 22.7 Å². The topological polar surface area (TPSA) is 56.1 Å². The van der Waals surface area contributed by atoms with Gasteiger partial charge in [-0.3, -0.25) is 4.79 Å². The van der Waals surface area contributed by atoms with Gasteiger partial charge in [0.15, 0.2) is 0 Å². The lowest BCUT2D eigenvalue weighted by atomic mass is 9.94. The summed E-state index contributed by atoms with van der Waals surface area (Å²) in [6.07, 6.45) is 0.189. The van der Waals surface area contributed by atoms with Crippen LogP contribution in [0, 0.1) is 18.3 Å². The zero-order valence-electron chi connectivity index (χ0n) is 11.9. The van der Waals surface area contributed by atoms with Gasteiger partial charge in [-0.05, 0) is 54.4 Å². The molecule has 20 heavy (non-hydrogen) atoms. The zero-order valence-corrected chi connectivity index (χ0v) is 13.5. The molecule has 4 nitrogen and oxygen atoms in total. The largest absolute Gasteiger partial charge is 0.303 e. The van der Waals surface area contributed by atoms with Crippen LogP contribution >= 0.6 is 15.9 Å². The molecular weight excluding hydrogens is 318 g/mol. The standard InChI is InChI=1S/C15H18BrN3O/c1-10-4-5-13(11(16)8-10)19-14(20)12(6-7-17)18-9-15(19,2)3/h4-5,8,12,18H,6,9H2,1-3H3. The van der Waals surface area contributed by atoms with E-state index in [9.17, 15) is 4.79 Å². The van der Waals surface area contributed by atoms with Crippen LogP contribution in [0.1, 0.15) is 25.8 Å². The van der Waals surface area contributed by atoms with E-state index < -0.39 is 6.04 Å². The van der Waals surface area contributed by atoms with E-state index in [1.54, 1.807) is 4.90 Å². The van der Waals surface area contributed by atoms with E-state index in [-0.39, 0.29) is 17.9 Å². The average Bonchev–Trinajstić information content (AvgIpc) is 2.35. The van der Waals surface area contributed by atoms with Gasteiger partial charge in [0.2, 0.25) is 5.91 Å². The van der Waals surface area contributed by atoms with Gasteiger partial charge in [0.1, 0.15) is 6.04 Å². The molecule has 1 amide bonds. The summed E-state index contributed by atoms with van der Waals surface area (Å²) >= 11 is 3.54. The highest BCUT2D eigenvalue weighted by molar-refractivity contribution is 9.10. The highest BCUT2D eigenvalue weighted by Crippen LogP contribution is 2.34. The van der Waals surface area contributed by atoms with Gasteiger partial charge in [-0.2, -0.15) is 5.26 Å². The van der Waals surface area contributed by atoms with Crippen molar-refractivity contribution in [2.75, 3.05) is 11.4 Å². The number of hydrogen-bond donors (Lipinski definition) is 1. The summed E-state index contributed by atoms with van der Waals surface area (Å²) in [4.78, 5) is 14.5. The molecule has 106 valence electrons. The van der Waals surface area contributed by atoms with Crippen molar-refractivity contribution in [3.05, 3.63) is 28.2 Å². The minimum Gasteiger partial charge on any atom is -0.303 e. The fourth-order valence-corrected chi connectivity index (χ4v) is 3.15. The number of carbonyl (C=O) groups excluding carboxylic acids is 1. The minimum atomic E-state index is -0.429. The molecule has 0 bridgehead atoms. The number of aryl methyl sites for hydroxylation is 1. The first-order valence-corrected chi connectivity index (χ1v) is 7.36. The van der Waals surface area contributed by atoms with Crippen molar-refractivity contribution in [2.24, 2.45) is 0 Å². The Morgan fingerprint density at radius 3 is 2.85 bits per heavy atom. The van der Waals surface area contributed by atoms with E-state index in [0.29, 0.717) is 6.54 Å². The Bertz CT molecular complexity index is 577. The number of hydrogen-bond acceptors (Lipinski definition) is 3. The van der Waals surface area contributed by atoms with E-state index in [1.165, 1.54) is 0 Å². The summed E-state index contributed by atoms with van der Waals surface area (Å²) in [5, 5.41) is 12.0. The first-order valence-electron chi connectivity index (χ1n) is 6.57. The Hall–Kier alpha value is -1.38. The second-order valence-electron chi connectivity index (χ2n) is 5.74. The lowest BCUT2D eigenvalue weighted by molar-refractivity contribution is -0.123. The van der Waals surface area contributed by atoms with Crippen molar-refractivity contribution in [3.8, 4) is 6.07 Å². The van der Waals surface area contributed by atoms with E-state index in [1.807, 2.05) is 39.0 Å². The quantitative estimate of drug-likeness (QED) is 0.904. The van der Waals surface area contributed by atoms with E-state index in [2.05, 4.69) is 27.3 Å². The van der Waals surface area contributed by atoms with Gasteiger partial charge >= 0.3 is 0 Å². The van der Waals surface area contributed by atoms with Gasteiger partial charge in [-0.15, -0.1) is 0 Å². The molecule has 1 atom stereocenters. The molecule has 1 N–H and O–H groups in total. The molecule has 0 aromatic heterocycles. The summed E-state index contributed by atoms with van der Waals surface area (Å²) in [5.74, 6) is -0.0487. The third kappa shape index (κ3) is 2.72. The highest BCUT2D eigenvalue weighted by atomic mass is 79.9. The molecule has 2 rings (SSSR count). The Morgan fingerprint density at radius 2 is 2.25 bits per heavy atom. The fourth-order valence-electron chi connectivity index (χ4n) is 2.48. The Labute approximate surface area is 127 Å². The second-order valence-corrected chi connectivity index (χ2v) is 6.59. The van der Waals surface area contributed by atoms with Crippen LogP contribution in [0.5, 0.6) is 0 Å². The first kappa shape index (κ1) is 15.0. The number of benzene rings is 1. The van der Waals surface area contributed by atoms with Gasteiger partial charge in [0.05, 0.1) is 23.7 Å². The van der Waals surface area contributed by atoms with E-state index in [4.69, 9.17) is 5.26 Å². The number of amides is 1. The predicted octanol–water partition coefficient (Wildman–Crippen LogP) is 2.75. The monoisotopic (exact) mass is 335 g/mol. The number of nitrogens with one attached hydrogen (secondary N) is 1. The summed E-state index contributed by atoms with van der Waals surface area (Å²) in [5.41, 5.74) is 1.66. The maximum absolute atomic E-state index is 12.7. The van der Waals surface area contributed by atoms with E-state index >= 15 is 0 Å². The third-order valence-electron chi connectivity index (χ3n) is 3.54. The predicted molar refractivity (Wildman–Crippen MR) is 82.5 cm³/mol. The number of piperazine rings is 1. The van der Waals surface area contributed by atoms with Gasteiger partial charge < -0.3 is 10.2 Å². The number of nitrogens with zero attached hydrogens (tertiary/aromatic N) is 2. The number of nitriles is 1. The van der Waals surface area contributed by atoms with Crippen molar-refractivity contribution in [2.45, 2.75) is 38.8 Å². The molecule has 1 heterocycles. The van der Waals surface area contributed by atoms with Crippen LogP contribution in [0.25, 0.3) is 0 Å². The van der Waals surface area contributed by atoms with Gasteiger partial charge in [-0.1, -0.05) is 6.07 Å². The molecular formula is C15H18BrN3O. The SMILES string of the molecule is Cc1ccc(N2C(=O)C(CC#N)NCC2(C)C)c(Br)c1. The average molecular weight is 336 g/mol. The summed E-state index contributed by atoms with van der Waals surface area (Å²) < 4.78 is 0.900.